The summed E-state index contributed by atoms with van der Waals surface area (Å²) in [7, 11) is 0. The van der Waals surface area contributed by atoms with Crippen LogP contribution in [0.4, 0.5) is 0 Å². The molecule has 1 saturated heterocycles. The number of rotatable bonds is 44. The van der Waals surface area contributed by atoms with Gasteiger partial charge >= 0.3 is 0 Å². The highest BCUT2D eigenvalue weighted by molar-refractivity contribution is 5.76. The molecule has 1 aliphatic heterocycles. The van der Waals surface area contributed by atoms with Crippen molar-refractivity contribution in [1.82, 2.24) is 5.32 Å². The summed E-state index contributed by atoms with van der Waals surface area (Å²) in [5.41, 5.74) is 0. The number of hydrogen-bond acceptors (Lipinski definition) is 8. The van der Waals surface area contributed by atoms with E-state index in [1.54, 1.807) is 6.08 Å². The molecule has 0 aromatic carbocycles. The summed E-state index contributed by atoms with van der Waals surface area (Å²) in [6.45, 7) is 3.70. The van der Waals surface area contributed by atoms with Crippen molar-refractivity contribution >= 4 is 5.91 Å². The predicted octanol–water partition coefficient (Wildman–Crippen LogP) is 11.8. The molecule has 0 aromatic rings. The first-order valence-electron chi connectivity index (χ1n) is 26.1. The normalized spacial score (nSPS) is 20.5. The number of hydrogen-bond donors (Lipinski definition) is 6. The number of nitrogens with one attached hydrogen (secondary N) is 1. The summed E-state index contributed by atoms with van der Waals surface area (Å²) < 4.78 is 11.1. The lowest BCUT2D eigenvalue weighted by Gasteiger charge is -2.40. The zero-order valence-corrected chi connectivity index (χ0v) is 39.7. The Labute approximate surface area is 375 Å². The third-order valence-corrected chi connectivity index (χ3v) is 12.5. The van der Waals surface area contributed by atoms with Crippen molar-refractivity contribution in [2.24, 2.45) is 0 Å². The largest absolute Gasteiger partial charge is 0.394 e. The highest BCUT2D eigenvalue weighted by Gasteiger charge is 2.44. The molecule has 6 N–H and O–H groups in total. The molecular weight excluding hydrogens is 767 g/mol. The van der Waals surface area contributed by atoms with E-state index in [1.807, 2.05) is 6.08 Å². The molecule has 9 heteroatoms. The minimum absolute atomic E-state index is 0.195. The smallest absolute Gasteiger partial charge is 0.220 e. The first-order chi connectivity index (χ1) is 29.8. The van der Waals surface area contributed by atoms with Gasteiger partial charge in [0.05, 0.1) is 25.4 Å². The molecule has 0 aliphatic carbocycles. The van der Waals surface area contributed by atoms with Gasteiger partial charge in [-0.25, -0.2) is 0 Å². The lowest BCUT2D eigenvalue weighted by molar-refractivity contribution is -0.302. The predicted molar refractivity (Wildman–Crippen MR) is 253 cm³/mol. The van der Waals surface area contributed by atoms with E-state index >= 15 is 0 Å². The number of carbonyl (C=O) groups excluding carboxylic acids is 1. The van der Waals surface area contributed by atoms with Crippen LogP contribution in [0, 0.1) is 0 Å². The zero-order valence-electron chi connectivity index (χ0n) is 39.7. The monoisotopic (exact) mass is 866 g/mol. The maximum Gasteiger partial charge on any atom is 0.220 e. The van der Waals surface area contributed by atoms with Gasteiger partial charge in [-0.1, -0.05) is 231 Å². The maximum atomic E-state index is 12.8. The fourth-order valence-corrected chi connectivity index (χ4v) is 8.35. The third kappa shape index (κ3) is 32.9. The minimum Gasteiger partial charge on any atom is -0.394 e. The molecule has 0 saturated carbocycles. The van der Waals surface area contributed by atoms with Gasteiger partial charge < -0.3 is 40.3 Å². The van der Waals surface area contributed by atoms with Gasteiger partial charge in [-0.2, -0.15) is 0 Å². The van der Waals surface area contributed by atoms with Crippen LogP contribution in [0.25, 0.3) is 0 Å². The highest BCUT2D eigenvalue weighted by atomic mass is 16.7. The quantitative estimate of drug-likeness (QED) is 0.0262. The Balaban J connectivity index is 2.09. The number of allylic oxidation sites excluding steroid dienone is 3. The average Bonchev–Trinajstić information content (AvgIpc) is 3.26. The van der Waals surface area contributed by atoms with E-state index in [4.69, 9.17) is 9.47 Å². The number of amides is 1. The second-order valence-corrected chi connectivity index (χ2v) is 18.3. The molecule has 61 heavy (non-hydrogen) atoms. The number of aliphatic hydroxyl groups excluding tert-OH is 5. The highest BCUT2D eigenvalue weighted by Crippen LogP contribution is 2.23. The van der Waals surface area contributed by atoms with Gasteiger partial charge in [0.2, 0.25) is 5.91 Å². The minimum atomic E-state index is -1.57. The molecule has 7 atom stereocenters. The van der Waals surface area contributed by atoms with Gasteiger partial charge in [0.25, 0.3) is 0 Å². The molecule has 1 rings (SSSR count). The molecule has 0 radical (unpaired) electrons. The molecule has 7 unspecified atom stereocenters. The lowest BCUT2D eigenvalue weighted by atomic mass is 9.99. The van der Waals surface area contributed by atoms with Crippen LogP contribution in [-0.4, -0.2) is 87.5 Å². The van der Waals surface area contributed by atoms with E-state index in [2.05, 4.69) is 31.3 Å². The van der Waals surface area contributed by atoms with Crippen molar-refractivity contribution < 1.29 is 39.8 Å². The molecule has 0 aromatic heterocycles. The van der Waals surface area contributed by atoms with Crippen LogP contribution in [0.1, 0.15) is 245 Å². The number of unbranched alkanes of at least 4 members (excludes halogenated alkanes) is 32. The Kier molecular flexibility index (Phi) is 40.3. The SMILES string of the molecule is CCCCCCCCCCCCCCCCCCCCCCCCCCCC/C=C/CC/C=C/C(O)C(COC1OC(CO)C(O)C(O)C1O)NC(=O)CCCCCCCC. The van der Waals surface area contributed by atoms with Gasteiger partial charge in [-0.05, 0) is 32.1 Å². The van der Waals surface area contributed by atoms with Crippen LogP contribution in [0.15, 0.2) is 24.3 Å². The van der Waals surface area contributed by atoms with Crippen LogP contribution < -0.4 is 5.32 Å². The van der Waals surface area contributed by atoms with E-state index in [-0.39, 0.29) is 12.5 Å². The number of ether oxygens (including phenoxy) is 2. The molecule has 9 nitrogen and oxygen atoms in total. The Morgan fingerprint density at radius 1 is 0.541 bits per heavy atom. The van der Waals surface area contributed by atoms with Crippen molar-refractivity contribution in [3.05, 3.63) is 24.3 Å². The second-order valence-electron chi connectivity index (χ2n) is 18.3. The van der Waals surface area contributed by atoms with Crippen LogP contribution >= 0.6 is 0 Å². The van der Waals surface area contributed by atoms with Crippen molar-refractivity contribution in [3.8, 4) is 0 Å². The van der Waals surface area contributed by atoms with E-state index in [0.717, 1.165) is 51.4 Å². The van der Waals surface area contributed by atoms with E-state index in [9.17, 15) is 30.3 Å². The second kappa shape index (κ2) is 42.6. The molecule has 0 spiro atoms. The fraction of sp³-hybridized carbons (Fsp3) is 0.904. The summed E-state index contributed by atoms with van der Waals surface area (Å²) in [4.78, 5) is 12.8. The van der Waals surface area contributed by atoms with Crippen molar-refractivity contribution in [2.75, 3.05) is 13.2 Å². The van der Waals surface area contributed by atoms with Crippen molar-refractivity contribution in [3.63, 3.8) is 0 Å². The summed E-state index contributed by atoms with van der Waals surface area (Å²) >= 11 is 0. The van der Waals surface area contributed by atoms with Crippen molar-refractivity contribution in [2.45, 2.75) is 288 Å². The van der Waals surface area contributed by atoms with Gasteiger partial charge in [0.15, 0.2) is 6.29 Å². The number of aliphatic hydroxyl groups is 5. The van der Waals surface area contributed by atoms with Crippen LogP contribution in [0.5, 0.6) is 0 Å². The summed E-state index contributed by atoms with van der Waals surface area (Å²) in [6.07, 6.45) is 45.9. The first-order valence-corrected chi connectivity index (χ1v) is 26.1. The standard InChI is InChI=1S/C52H99NO8/c1-3-5-7-9-11-12-13-14-15-16-17-18-19-20-21-22-23-24-25-26-27-28-29-30-31-32-33-34-35-36-37-39-41-46(55)45(53-48(56)42-40-38-10-8-6-4-2)44-60-52-51(59)50(58)49(57)47(43-54)61-52/h34-35,39,41,45-47,49-52,54-55,57-59H,3-33,36-38,40,42-44H2,1-2H3,(H,53,56)/b35-34+,41-39+. The average molecular weight is 866 g/mol. The molecular formula is C52H99NO8. The molecule has 360 valence electrons. The Bertz CT molecular complexity index is 1010. The molecule has 0 bridgehead atoms. The topological polar surface area (TPSA) is 149 Å². The van der Waals surface area contributed by atoms with Gasteiger partial charge in [0.1, 0.15) is 24.4 Å². The van der Waals surface area contributed by atoms with Gasteiger partial charge in [-0.15, -0.1) is 0 Å². The summed E-state index contributed by atoms with van der Waals surface area (Å²) in [6, 6.07) is -0.815. The molecule has 1 heterocycles. The van der Waals surface area contributed by atoms with E-state index in [0.29, 0.717) is 6.42 Å². The number of carbonyl (C=O) groups is 1. The van der Waals surface area contributed by atoms with Gasteiger partial charge in [-0.3, -0.25) is 4.79 Å². The van der Waals surface area contributed by atoms with E-state index < -0.39 is 49.5 Å². The molecule has 1 aliphatic rings. The van der Waals surface area contributed by atoms with Crippen LogP contribution in [0.3, 0.4) is 0 Å². The molecule has 1 amide bonds. The maximum absolute atomic E-state index is 12.8. The summed E-state index contributed by atoms with van der Waals surface area (Å²) in [5.74, 6) is -0.195. The Hall–Kier alpha value is -1.33. The molecule has 1 fully saturated rings. The van der Waals surface area contributed by atoms with Gasteiger partial charge in [0, 0.05) is 6.42 Å². The first kappa shape index (κ1) is 57.7. The summed E-state index contributed by atoms with van der Waals surface area (Å²) in [5, 5.41) is 53.9. The lowest BCUT2D eigenvalue weighted by Crippen LogP contribution is -2.60. The van der Waals surface area contributed by atoms with Crippen LogP contribution in [-0.2, 0) is 14.3 Å². The third-order valence-electron chi connectivity index (χ3n) is 12.5. The van der Waals surface area contributed by atoms with Crippen LogP contribution in [0.2, 0.25) is 0 Å². The Morgan fingerprint density at radius 3 is 1.38 bits per heavy atom. The van der Waals surface area contributed by atoms with Crippen molar-refractivity contribution in [1.29, 1.82) is 0 Å². The zero-order chi connectivity index (χ0) is 44.4. The fourth-order valence-electron chi connectivity index (χ4n) is 8.35. The Morgan fingerprint density at radius 2 is 0.934 bits per heavy atom. The van der Waals surface area contributed by atoms with E-state index in [1.165, 1.54) is 173 Å².